The van der Waals surface area contributed by atoms with Crippen LogP contribution in [0.15, 0.2) is 18.2 Å². The summed E-state index contributed by atoms with van der Waals surface area (Å²) in [5.74, 6) is -0.654. The quantitative estimate of drug-likeness (QED) is 0.811. The normalized spacial score (nSPS) is 14.5. The van der Waals surface area contributed by atoms with E-state index in [1.165, 1.54) is 12.1 Å². The molecule has 4 heteroatoms. The first kappa shape index (κ1) is 15.1. The van der Waals surface area contributed by atoms with Crippen LogP contribution in [-0.2, 0) is 11.2 Å². The van der Waals surface area contributed by atoms with E-state index in [0.717, 1.165) is 12.5 Å². The fourth-order valence-electron chi connectivity index (χ4n) is 2.02. The first-order valence-corrected chi connectivity index (χ1v) is 6.18. The van der Waals surface area contributed by atoms with Gasteiger partial charge in [0, 0.05) is 25.8 Å². The topological polar surface area (TPSA) is 21.3 Å². The Hall–Kier alpha value is -1.00. The van der Waals surface area contributed by atoms with Crippen LogP contribution < -0.4 is 5.32 Å². The van der Waals surface area contributed by atoms with E-state index in [2.05, 4.69) is 12.2 Å². The lowest BCUT2D eigenvalue weighted by Crippen LogP contribution is -2.35. The van der Waals surface area contributed by atoms with E-state index < -0.39 is 11.6 Å². The third kappa shape index (κ3) is 4.35. The van der Waals surface area contributed by atoms with E-state index in [0.29, 0.717) is 24.5 Å². The molecule has 0 fully saturated rings. The van der Waals surface area contributed by atoms with E-state index in [4.69, 9.17) is 4.74 Å². The smallest absolute Gasteiger partial charge is 0.129 e. The summed E-state index contributed by atoms with van der Waals surface area (Å²) in [6, 6.07) is 3.89. The van der Waals surface area contributed by atoms with Crippen molar-refractivity contribution >= 4 is 0 Å². The molecule has 0 aliphatic rings. The highest BCUT2D eigenvalue weighted by Crippen LogP contribution is 2.17. The zero-order valence-electron chi connectivity index (χ0n) is 11.2. The van der Waals surface area contributed by atoms with Gasteiger partial charge in [-0.2, -0.15) is 0 Å². The van der Waals surface area contributed by atoms with Gasteiger partial charge in [-0.3, -0.25) is 0 Å². The summed E-state index contributed by atoms with van der Waals surface area (Å²) in [5, 5.41) is 3.19. The van der Waals surface area contributed by atoms with E-state index in [9.17, 15) is 8.78 Å². The number of likely N-dealkylation sites (N-methyl/N-ethyl adjacent to an activating group) is 1. The summed E-state index contributed by atoms with van der Waals surface area (Å²) >= 11 is 0. The van der Waals surface area contributed by atoms with Gasteiger partial charge in [-0.15, -0.1) is 0 Å². The van der Waals surface area contributed by atoms with Crippen LogP contribution in [0.3, 0.4) is 0 Å². The molecule has 0 radical (unpaired) electrons. The molecule has 2 atom stereocenters. The monoisotopic (exact) mass is 257 g/mol. The van der Waals surface area contributed by atoms with Crippen molar-refractivity contribution in [3.8, 4) is 0 Å². The van der Waals surface area contributed by atoms with Gasteiger partial charge < -0.3 is 10.1 Å². The molecule has 0 saturated carbocycles. The zero-order valence-corrected chi connectivity index (χ0v) is 11.2. The van der Waals surface area contributed by atoms with Crippen LogP contribution in [0.1, 0.15) is 18.9 Å². The van der Waals surface area contributed by atoms with Crippen LogP contribution >= 0.6 is 0 Å². The Labute approximate surface area is 107 Å². The molecule has 1 aromatic rings. The number of ether oxygens (including phenoxy) is 1. The largest absolute Gasteiger partial charge is 0.385 e. The molecule has 0 amide bonds. The van der Waals surface area contributed by atoms with Crippen LogP contribution in [0, 0.1) is 17.6 Å². The minimum absolute atomic E-state index is 0.153. The molecule has 0 aliphatic heterocycles. The number of nitrogens with one attached hydrogen (secondary N) is 1. The summed E-state index contributed by atoms with van der Waals surface area (Å²) in [5.41, 5.74) is 0.542. The fourth-order valence-corrected chi connectivity index (χ4v) is 2.02. The van der Waals surface area contributed by atoms with Crippen molar-refractivity contribution in [1.82, 2.24) is 5.32 Å². The molecule has 0 aromatic heterocycles. The van der Waals surface area contributed by atoms with Crippen LogP contribution in [0.2, 0.25) is 0 Å². The summed E-state index contributed by atoms with van der Waals surface area (Å²) in [4.78, 5) is 0. The van der Waals surface area contributed by atoms with E-state index in [-0.39, 0.29) is 6.04 Å². The Morgan fingerprint density at radius 3 is 2.61 bits per heavy atom. The Morgan fingerprint density at radius 1 is 1.33 bits per heavy atom. The molecule has 102 valence electrons. The molecule has 0 heterocycles. The lowest BCUT2D eigenvalue weighted by Gasteiger charge is -2.23. The Bertz CT molecular complexity index is 371. The summed E-state index contributed by atoms with van der Waals surface area (Å²) < 4.78 is 31.4. The molecule has 1 rings (SSSR count). The number of benzene rings is 1. The van der Waals surface area contributed by atoms with Crippen LogP contribution in [-0.4, -0.2) is 26.8 Å². The van der Waals surface area contributed by atoms with Crippen LogP contribution in [0.5, 0.6) is 0 Å². The van der Waals surface area contributed by atoms with Gasteiger partial charge in [-0.25, -0.2) is 8.78 Å². The average molecular weight is 257 g/mol. The average Bonchev–Trinajstić information content (AvgIpc) is 2.35. The molecule has 0 spiro atoms. The van der Waals surface area contributed by atoms with Crippen molar-refractivity contribution in [3.05, 3.63) is 35.4 Å². The first-order chi connectivity index (χ1) is 8.58. The highest BCUT2D eigenvalue weighted by molar-refractivity contribution is 5.19. The SMILES string of the molecule is CNC(Cc1ccc(F)cc1F)C(C)CCOC. The summed E-state index contributed by atoms with van der Waals surface area (Å²) in [6.07, 6.45) is 1.46. The number of methoxy groups -OCH3 is 1. The maximum Gasteiger partial charge on any atom is 0.129 e. The van der Waals surface area contributed by atoms with Crippen LogP contribution in [0.4, 0.5) is 8.78 Å². The highest BCUT2D eigenvalue weighted by atomic mass is 19.1. The number of rotatable bonds is 7. The molecule has 2 nitrogen and oxygen atoms in total. The molecule has 0 bridgehead atoms. The van der Waals surface area contributed by atoms with Crippen molar-refractivity contribution in [2.24, 2.45) is 5.92 Å². The van der Waals surface area contributed by atoms with Gasteiger partial charge in [0.05, 0.1) is 0 Å². The van der Waals surface area contributed by atoms with Gasteiger partial charge in [0.1, 0.15) is 11.6 Å². The number of hydrogen-bond donors (Lipinski definition) is 1. The predicted octanol–water partition coefficient (Wildman–Crippen LogP) is 2.77. The second-order valence-corrected chi connectivity index (χ2v) is 4.59. The maximum atomic E-state index is 13.6. The van der Waals surface area contributed by atoms with Gasteiger partial charge in [-0.05, 0) is 37.4 Å². The highest BCUT2D eigenvalue weighted by Gasteiger charge is 2.17. The van der Waals surface area contributed by atoms with E-state index in [1.54, 1.807) is 7.11 Å². The third-order valence-corrected chi connectivity index (χ3v) is 3.29. The minimum Gasteiger partial charge on any atom is -0.385 e. The van der Waals surface area contributed by atoms with Crippen molar-refractivity contribution in [1.29, 1.82) is 0 Å². The third-order valence-electron chi connectivity index (χ3n) is 3.29. The molecule has 2 unspecified atom stereocenters. The van der Waals surface area contributed by atoms with Gasteiger partial charge in [-0.1, -0.05) is 13.0 Å². The molecule has 18 heavy (non-hydrogen) atoms. The van der Waals surface area contributed by atoms with Crippen molar-refractivity contribution in [2.45, 2.75) is 25.8 Å². The van der Waals surface area contributed by atoms with E-state index >= 15 is 0 Å². The number of hydrogen-bond acceptors (Lipinski definition) is 2. The van der Waals surface area contributed by atoms with Crippen molar-refractivity contribution in [3.63, 3.8) is 0 Å². The molecule has 0 saturated heterocycles. The Balaban J connectivity index is 2.67. The zero-order chi connectivity index (χ0) is 13.5. The molecule has 1 N–H and O–H groups in total. The van der Waals surface area contributed by atoms with Gasteiger partial charge in [0.15, 0.2) is 0 Å². The standard InChI is InChI=1S/C14H21F2NO/c1-10(6-7-18-3)14(17-2)8-11-4-5-12(15)9-13(11)16/h4-5,9-10,14,17H,6-8H2,1-3H3. The first-order valence-electron chi connectivity index (χ1n) is 6.18. The lowest BCUT2D eigenvalue weighted by molar-refractivity contribution is 0.171. The molecule has 1 aromatic carbocycles. The van der Waals surface area contributed by atoms with E-state index in [1.807, 2.05) is 7.05 Å². The van der Waals surface area contributed by atoms with Crippen molar-refractivity contribution < 1.29 is 13.5 Å². The van der Waals surface area contributed by atoms with Crippen molar-refractivity contribution in [2.75, 3.05) is 20.8 Å². The lowest BCUT2D eigenvalue weighted by atomic mass is 9.92. The van der Waals surface area contributed by atoms with Gasteiger partial charge >= 0.3 is 0 Å². The summed E-state index contributed by atoms with van der Waals surface area (Å²) in [7, 11) is 3.52. The number of halogens is 2. The molecular formula is C14H21F2NO. The van der Waals surface area contributed by atoms with Gasteiger partial charge in [0.25, 0.3) is 0 Å². The maximum absolute atomic E-state index is 13.6. The Morgan fingerprint density at radius 2 is 2.06 bits per heavy atom. The second-order valence-electron chi connectivity index (χ2n) is 4.59. The van der Waals surface area contributed by atoms with Gasteiger partial charge in [0.2, 0.25) is 0 Å². The van der Waals surface area contributed by atoms with Crippen LogP contribution in [0.25, 0.3) is 0 Å². The molecular weight excluding hydrogens is 236 g/mol. The fraction of sp³-hybridized carbons (Fsp3) is 0.571. The Kier molecular flexibility index (Phi) is 6.22. The second kappa shape index (κ2) is 7.44. The minimum atomic E-state index is -0.537. The summed E-state index contributed by atoms with van der Waals surface area (Å²) in [6.45, 7) is 2.78. The molecule has 0 aliphatic carbocycles. The predicted molar refractivity (Wildman–Crippen MR) is 68.6 cm³/mol.